The van der Waals surface area contributed by atoms with Crippen molar-refractivity contribution in [3.8, 4) is 0 Å². The molecule has 1 aliphatic heterocycles. The van der Waals surface area contributed by atoms with Crippen LogP contribution in [-0.4, -0.2) is 62.9 Å². The van der Waals surface area contributed by atoms with E-state index in [0.29, 0.717) is 31.2 Å². The molecule has 1 aliphatic rings. The zero-order valence-corrected chi connectivity index (χ0v) is 17.8. The molecule has 3 rings (SSSR count). The normalized spacial score (nSPS) is 15.4. The number of piperazine rings is 1. The summed E-state index contributed by atoms with van der Waals surface area (Å²) in [4.78, 5) is 28.2. The third-order valence-electron chi connectivity index (χ3n) is 5.05. The fourth-order valence-corrected chi connectivity index (χ4v) is 4.45. The maximum atomic E-state index is 12.9. The Kier molecular flexibility index (Phi) is 7.13. The highest BCUT2D eigenvalue weighted by Crippen LogP contribution is 2.25. The van der Waals surface area contributed by atoms with Crippen LogP contribution in [0.4, 0.5) is 5.69 Å². The second-order valence-electron chi connectivity index (χ2n) is 7.02. The van der Waals surface area contributed by atoms with Crippen LogP contribution in [0.2, 0.25) is 0 Å². The molecule has 0 bridgehead atoms. The molecule has 2 amide bonds. The summed E-state index contributed by atoms with van der Waals surface area (Å²) in [5, 5.41) is 8.86. The Morgan fingerprint density at radius 3 is 2.45 bits per heavy atom. The molecule has 1 aromatic carbocycles. The number of rotatable bonds is 8. The topological polar surface area (TPSA) is 97.3 Å². The predicted octanol–water partition coefficient (Wildman–Crippen LogP) is 1.55. The molecule has 0 radical (unpaired) electrons. The number of carbonyl (C=O) groups is 2. The minimum atomic E-state index is -0.358. The first kappa shape index (κ1) is 21.2. The van der Waals surface area contributed by atoms with E-state index in [-0.39, 0.29) is 23.5 Å². The number of amides is 2. The zero-order valence-electron chi connectivity index (χ0n) is 17.0. The van der Waals surface area contributed by atoms with Gasteiger partial charge < -0.3 is 20.1 Å². The monoisotopic (exact) mass is 416 g/mol. The van der Waals surface area contributed by atoms with Gasteiger partial charge in [-0.25, -0.2) is 0 Å². The van der Waals surface area contributed by atoms with Gasteiger partial charge in [-0.2, -0.15) is 0 Å². The van der Waals surface area contributed by atoms with E-state index in [4.69, 9.17) is 5.73 Å². The average molecular weight is 417 g/mol. The number of primary amides is 1. The predicted molar refractivity (Wildman–Crippen MR) is 114 cm³/mol. The molecular weight excluding hydrogens is 388 g/mol. The molecule has 0 spiro atoms. The average Bonchev–Trinajstić information content (AvgIpc) is 3.13. The Morgan fingerprint density at radius 1 is 1.14 bits per heavy atom. The van der Waals surface area contributed by atoms with Crippen LogP contribution in [0.25, 0.3) is 0 Å². The highest BCUT2D eigenvalue weighted by Gasteiger charge is 2.27. The molecule has 1 aromatic heterocycles. The minimum absolute atomic E-state index is 0.118. The lowest BCUT2D eigenvalue weighted by Gasteiger charge is -2.37. The van der Waals surface area contributed by atoms with Crippen molar-refractivity contribution in [2.75, 3.05) is 31.1 Å². The fourth-order valence-electron chi connectivity index (χ4n) is 3.43. The van der Waals surface area contributed by atoms with Crippen molar-refractivity contribution >= 4 is 29.3 Å². The van der Waals surface area contributed by atoms with E-state index in [1.165, 1.54) is 17.4 Å². The van der Waals surface area contributed by atoms with Gasteiger partial charge in [0.1, 0.15) is 5.82 Å². The smallest absolute Gasteiger partial charge is 0.236 e. The molecule has 29 heavy (non-hydrogen) atoms. The van der Waals surface area contributed by atoms with Crippen LogP contribution in [0, 0.1) is 0 Å². The number of anilines is 1. The number of benzene rings is 1. The van der Waals surface area contributed by atoms with Crippen molar-refractivity contribution in [3.63, 3.8) is 0 Å². The SMILES string of the molecule is CCn1c(CCC(N)=O)nnc1S[C@@H](C)C(=O)N1CCN(c2ccccc2)CC1. The molecule has 8 nitrogen and oxygen atoms in total. The van der Waals surface area contributed by atoms with Crippen molar-refractivity contribution < 1.29 is 9.59 Å². The number of aryl methyl sites for hydroxylation is 1. The Morgan fingerprint density at radius 2 is 1.83 bits per heavy atom. The molecule has 2 N–H and O–H groups in total. The third kappa shape index (κ3) is 5.29. The second kappa shape index (κ2) is 9.78. The summed E-state index contributed by atoms with van der Waals surface area (Å²) in [6.07, 6.45) is 0.698. The first-order chi connectivity index (χ1) is 14.0. The minimum Gasteiger partial charge on any atom is -0.370 e. The molecular formula is C20H28N6O2S. The molecule has 0 unspecified atom stereocenters. The van der Waals surface area contributed by atoms with E-state index in [0.717, 1.165) is 18.9 Å². The fraction of sp³-hybridized carbons (Fsp3) is 0.500. The van der Waals surface area contributed by atoms with Crippen LogP contribution >= 0.6 is 11.8 Å². The quantitative estimate of drug-likeness (QED) is 0.656. The zero-order chi connectivity index (χ0) is 20.8. The van der Waals surface area contributed by atoms with Gasteiger partial charge in [0.25, 0.3) is 0 Å². The first-order valence-corrected chi connectivity index (χ1v) is 10.8. The summed E-state index contributed by atoms with van der Waals surface area (Å²) >= 11 is 1.42. The Balaban J connectivity index is 1.56. The molecule has 1 atom stereocenters. The lowest BCUT2D eigenvalue weighted by Crippen LogP contribution is -2.50. The molecule has 2 heterocycles. The van der Waals surface area contributed by atoms with Gasteiger partial charge in [-0.1, -0.05) is 30.0 Å². The summed E-state index contributed by atoms with van der Waals surface area (Å²) in [6, 6.07) is 10.3. The summed E-state index contributed by atoms with van der Waals surface area (Å²) < 4.78 is 1.95. The van der Waals surface area contributed by atoms with E-state index in [9.17, 15) is 9.59 Å². The lowest BCUT2D eigenvalue weighted by molar-refractivity contribution is -0.130. The van der Waals surface area contributed by atoms with Crippen molar-refractivity contribution in [1.29, 1.82) is 0 Å². The number of carbonyl (C=O) groups excluding carboxylic acids is 2. The molecule has 156 valence electrons. The number of hydrogen-bond donors (Lipinski definition) is 1. The van der Waals surface area contributed by atoms with Crippen molar-refractivity contribution in [2.45, 2.75) is 43.6 Å². The van der Waals surface area contributed by atoms with Crippen molar-refractivity contribution in [1.82, 2.24) is 19.7 Å². The Labute approximate surface area is 175 Å². The van der Waals surface area contributed by atoms with E-state index in [2.05, 4.69) is 27.2 Å². The number of para-hydroxylation sites is 1. The summed E-state index contributed by atoms with van der Waals surface area (Å²) in [7, 11) is 0. The summed E-state index contributed by atoms with van der Waals surface area (Å²) in [5.74, 6) is 0.486. The van der Waals surface area contributed by atoms with Crippen LogP contribution in [0.5, 0.6) is 0 Å². The lowest BCUT2D eigenvalue weighted by atomic mass is 10.2. The van der Waals surface area contributed by atoms with Gasteiger partial charge in [-0.15, -0.1) is 10.2 Å². The number of aromatic nitrogens is 3. The first-order valence-electron chi connectivity index (χ1n) is 9.95. The van der Waals surface area contributed by atoms with Crippen molar-refractivity contribution in [2.24, 2.45) is 5.73 Å². The standard InChI is InChI=1S/C20H28N6O2S/c1-3-26-18(10-9-17(21)27)22-23-20(26)29-15(2)19(28)25-13-11-24(12-14-25)16-7-5-4-6-8-16/h4-8,15H,3,9-14H2,1-2H3,(H2,21,27)/t15-/m0/s1. The van der Waals surface area contributed by atoms with Crippen LogP contribution < -0.4 is 10.6 Å². The van der Waals surface area contributed by atoms with Gasteiger partial charge in [0, 0.05) is 51.3 Å². The molecule has 1 fully saturated rings. The maximum Gasteiger partial charge on any atom is 0.236 e. The summed E-state index contributed by atoms with van der Waals surface area (Å²) in [5.41, 5.74) is 6.43. The van der Waals surface area contributed by atoms with Gasteiger partial charge in [-0.3, -0.25) is 9.59 Å². The largest absolute Gasteiger partial charge is 0.370 e. The van der Waals surface area contributed by atoms with Crippen LogP contribution in [0.3, 0.4) is 0 Å². The number of nitrogens with two attached hydrogens (primary N) is 1. The Bertz CT molecular complexity index is 833. The highest BCUT2D eigenvalue weighted by atomic mass is 32.2. The molecule has 0 saturated carbocycles. The molecule has 1 saturated heterocycles. The second-order valence-corrected chi connectivity index (χ2v) is 8.33. The molecule has 2 aromatic rings. The Hall–Kier alpha value is -2.55. The van der Waals surface area contributed by atoms with Gasteiger partial charge in [-0.05, 0) is 26.0 Å². The van der Waals surface area contributed by atoms with Gasteiger partial charge >= 0.3 is 0 Å². The summed E-state index contributed by atoms with van der Waals surface area (Å²) in [6.45, 7) is 7.67. The number of hydrogen-bond acceptors (Lipinski definition) is 6. The number of nitrogens with zero attached hydrogens (tertiary/aromatic N) is 5. The van der Waals surface area contributed by atoms with Gasteiger partial charge in [0.05, 0.1) is 5.25 Å². The van der Waals surface area contributed by atoms with Crippen molar-refractivity contribution in [3.05, 3.63) is 36.2 Å². The van der Waals surface area contributed by atoms with Crippen LogP contribution in [0.1, 0.15) is 26.1 Å². The van der Waals surface area contributed by atoms with Crippen LogP contribution in [0.15, 0.2) is 35.5 Å². The van der Waals surface area contributed by atoms with E-state index in [1.807, 2.05) is 41.5 Å². The highest BCUT2D eigenvalue weighted by molar-refractivity contribution is 8.00. The van der Waals surface area contributed by atoms with E-state index in [1.54, 1.807) is 0 Å². The molecule has 0 aliphatic carbocycles. The van der Waals surface area contributed by atoms with E-state index < -0.39 is 0 Å². The van der Waals surface area contributed by atoms with Crippen LogP contribution in [-0.2, 0) is 22.6 Å². The maximum absolute atomic E-state index is 12.9. The van der Waals surface area contributed by atoms with Gasteiger partial charge in [0.2, 0.25) is 11.8 Å². The number of thioether (sulfide) groups is 1. The third-order valence-corrected chi connectivity index (χ3v) is 6.12. The van der Waals surface area contributed by atoms with Gasteiger partial charge in [0.15, 0.2) is 5.16 Å². The molecule has 9 heteroatoms. The van der Waals surface area contributed by atoms with E-state index >= 15 is 0 Å².